The molecule has 0 saturated carbocycles. The Morgan fingerprint density at radius 3 is 2.82 bits per heavy atom. The van der Waals surface area contributed by atoms with Crippen LogP contribution in [0.15, 0.2) is 48.5 Å². The monoisotopic (exact) mass is 369 g/mol. The highest BCUT2D eigenvalue weighted by atomic mass is 16.4. The summed E-state index contributed by atoms with van der Waals surface area (Å²) in [5, 5.41) is 19.8. The van der Waals surface area contributed by atoms with Crippen molar-refractivity contribution in [2.75, 3.05) is 13.1 Å². The van der Waals surface area contributed by atoms with Crippen LogP contribution in [-0.4, -0.2) is 34.0 Å². The fourth-order valence-corrected chi connectivity index (χ4v) is 3.75. The number of likely N-dealkylation sites (N-methyl/N-ethyl adjacent to an activating group) is 1. The number of aromatic carboxylic acids is 1. The van der Waals surface area contributed by atoms with Gasteiger partial charge in [0.2, 0.25) is 0 Å². The van der Waals surface area contributed by atoms with Gasteiger partial charge < -0.3 is 5.11 Å². The van der Waals surface area contributed by atoms with Crippen LogP contribution in [0.3, 0.4) is 0 Å². The molecule has 0 spiro atoms. The minimum Gasteiger partial charge on any atom is -0.478 e. The molecule has 0 bridgehead atoms. The number of fused-ring (bicyclic) bond motifs is 2. The molecule has 2 heterocycles. The van der Waals surface area contributed by atoms with E-state index in [2.05, 4.69) is 17.9 Å². The van der Waals surface area contributed by atoms with Crippen LogP contribution in [0.5, 0.6) is 0 Å². The van der Waals surface area contributed by atoms with Crippen molar-refractivity contribution < 1.29 is 9.90 Å². The second kappa shape index (κ2) is 7.26. The van der Waals surface area contributed by atoms with Crippen LogP contribution in [0.2, 0.25) is 0 Å². The molecule has 5 nitrogen and oxygen atoms in total. The van der Waals surface area contributed by atoms with Gasteiger partial charge >= 0.3 is 5.97 Å². The third kappa shape index (κ3) is 3.15. The summed E-state index contributed by atoms with van der Waals surface area (Å²) in [6.07, 6.45) is 2.01. The van der Waals surface area contributed by atoms with Crippen molar-refractivity contribution in [2.24, 2.45) is 0 Å². The highest BCUT2D eigenvalue weighted by Crippen LogP contribution is 2.34. The summed E-state index contributed by atoms with van der Waals surface area (Å²) >= 11 is 0. The lowest BCUT2D eigenvalue weighted by Crippen LogP contribution is -2.31. The topological polar surface area (TPSA) is 77.2 Å². The molecular weight excluding hydrogens is 350 g/mol. The van der Waals surface area contributed by atoms with Gasteiger partial charge in [0.15, 0.2) is 0 Å². The Morgan fingerprint density at radius 1 is 1.25 bits per heavy atom. The molecule has 0 aliphatic carbocycles. The van der Waals surface area contributed by atoms with E-state index in [0.29, 0.717) is 35.1 Å². The van der Waals surface area contributed by atoms with Gasteiger partial charge in [0, 0.05) is 24.0 Å². The van der Waals surface area contributed by atoms with Crippen molar-refractivity contribution in [1.29, 1.82) is 5.26 Å². The van der Waals surface area contributed by atoms with Gasteiger partial charge in [0.1, 0.15) is 0 Å². The van der Waals surface area contributed by atoms with E-state index in [-0.39, 0.29) is 0 Å². The smallest absolute Gasteiger partial charge is 0.336 e. The van der Waals surface area contributed by atoms with Crippen molar-refractivity contribution in [2.45, 2.75) is 13.5 Å². The predicted octanol–water partition coefficient (Wildman–Crippen LogP) is 4.18. The summed E-state index contributed by atoms with van der Waals surface area (Å²) in [7, 11) is 0. The molecule has 0 amide bonds. The van der Waals surface area contributed by atoms with E-state index in [4.69, 9.17) is 10.2 Å². The minimum absolute atomic E-state index is 0.329. The number of carboxylic acid groups (broad SMARTS) is 1. The van der Waals surface area contributed by atoms with Gasteiger partial charge in [0.05, 0.1) is 28.4 Å². The maximum Gasteiger partial charge on any atom is 0.336 e. The third-order valence-electron chi connectivity index (χ3n) is 5.09. The number of carboxylic acids is 1. The van der Waals surface area contributed by atoms with Gasteiger partial charge in [0.25, 0.3) is 0 Å². The SMILES string of the molecule is CCN1C/C(=C\c2cccc(C#N)c2)c2nc3ccccc3c(C(=O)O)c2C1. The maximum absolute atomic E-state index is 12.1. The third-order valence-corrected chi connectivity index (χ3v) is 5.09. The van der Waals surface area contributed by atoms with E-state index in [0.717, 1.165) is 28.9 Å². The fraction of sp³-hybridized carbons (Fsp3) is 0.174. The minimum atomic E-state index is -0.932. The summed E-state index contributed by atoms with van der Waals surface area (Å²) in [6.45, 7) is 4.11. The van der Waals surface area contributed by atoms with Gasteiger partial charge in [-0.3, -0.25) is 4.90 Å². The van der Waals surface area contributed by atoms with Gasteiger partial charge in [-0.2, -0.15) is 5.26 Å². The number of benzene rings is 2. The first-order chi connectivity index (χ1) is 13.6. The number of rotatable bonds is 3. The number of carbonyl (C=O) groups is 1. The normalized spacial score (nSPS) is 15.4. The van der Waals surface area contributed by atoms with E-state index >= 15 is 0 Å². The standard InChI is InChI=1S/C23H19N3O2/c1-2-26-13-17(11-15-6-5-7-16(10-15)12-24)22-19(14-26)21(23(27)28)18-8-3-4-9-20(18)25-22/h3-11H,2,13-14H2,1H3,(H,27,28)/b17-11+. The van der Waals surface area contributed by atoms with Crippen LogP contribution in [0.1, 0.15) is 39.7 Å². The lowest BCUT2D eigenvalue weighted by atomic mass is 9.92. The molecule has 0 atom stereocenters. The number of nitrogens with zero attached hydrogens (tertiary/aromatic N) is 3. The number of aromatic nitrogens is 1. The van der Waals surface area contributed by atoms with Crippen LogP contribution < -0.4 is 0 Å². The Kier molecular flexibility index (Phi) is 4.64. The average molecular weight is 369 g/mol. The van der Waals surface area contributed by atoms with E-state index < -0.39 is 5.97 Å². The van der Waals surface area contributed by atoms with Crippen LogP contribution >= 0.6 is 0 Å². The largest absolute Gasteiger partial charge is 0.478 e. The Hall–Kier alpha value is -3.49. The molecule has 28 heavy (non-hydrogen) atoms. The first kappa shape index (κ1) is 17.9. The molecular formula is C23H19N3O2. The quantitative estimate of drug-likeness (QED) is 0.749. The lowest BCUT2D eigenvalue weighted by molar-refractivity contribution is 0.0696. The van der Waals surface area contributed by atoms with Crippen LogP contribution in [0.4, 0.5) is 0 Å². The molecule has 1 aromatic heterocycles. The fourth-order valence-electron chi connectivity index (χ4n) is 3.75. The van der Waals surface area contributed by atoms with Gasteiger partial charge in [-0.1, -0.05) is 37.3 Å². The molecule has 1 aliphatic rings. The number of para-hydroxylation sites is 1. The number of nitriles is 1. The molecule has 0 saturated heterocycles. The number of hydrogen-bond donors (Lipinski definition) is 1. The lowest BCUT2D eigenvalue weighted by Gasteiger charge is -2.30. The Labute approximate surface area is 163 Å². The van der Waals surface area contributed by atoms with Crippen molar-refractivity contribution in [3.8, 4) is 6.07 Å². The molecule has 2 aromatic carbocycles. The van der Waals surface area contributed by atoms with Crippen LogP contribution in [-0.2, 0) is 6.54 Å². The summed E-state index contributed by atoms with van der Waals surface area (Å²) in [4.78, 5) is 19.2. The summed E-state index contributed by atoms with van der Waals surface area (Å²) in [5.74, 6) is -0.932. The summed E-state index contributed by atoms with van der Waals surface area (Å²) in [6, 6.07) is 16.9. The van der Waals surface area contributed by atoms with E-state index in [1.165, 1.54) is 0 Å². The van der Waals surface area contributed by atoms with Gasteiger partial charge in [-0.05, 0) is 42.0 Å². The molecule has 0 fully saturated rings. The van der Waals surface area contributed by atoms with E-state index in [1.54, 1.807) is 6.07 Å². The second-order valence-electron chi connectivity index (χ2n) is 6.85. The molecule has 4 rings (SSSR count). The van der Waals surface area contributed by atoms with Gasteiger partial charge in [-0.15, -0.1) is 0 Å². The number of hydrogen-bond acceptors (Lipinski definition) is 4. The zero-order valence-electron chi connectivity index (χ0n) is 15.5. The molecule has 0 unspecified atom stereocenters. The zero-order chi connectivity index (χ0) is 19.7. The molecule has 0 radical (unpaired) electrons. The Balaban J connectivity index is 1.98. The van der Waals surface area contributed by atoms with Crippen molar-refractivity contribution in [1.82, 2.24) is 9.88 Å². The Bertz CT molecular complexity index is 1160. The maximum atomic E-state index is 12.1. The molecule has 138 valence electrons. The Morgan fingerprint density at radius 2 is 2.07 bits per heavy atom. The van der Waals surface area contributed by atoms with Crippen molar-refractivity contribution in [3.05, 3.63) is 76.5 Å². The summed E-state index contributed by atoms with van der Waals surface area (Å²) < 4.78 is 0. The van der Waals surface area contributed by atoms with Gasteiger partial charge in [-0.25, -0.2) is 9.78 Å². The van der Waals surface area contributed by atoms with E-state index in [1.807, 2.05) is 48.5 Å². The second-order valence-corrected chi connectivity index (χ2v) is 6.85. The average Bonchev–Trinajstić information content (AvgIpc) is 2.72. The summed E-state index contributed by atoms with van der Waals surface area (Å²) in [5.41, 5.74) is 4.97. The first-order valence-corrected chi connectivity index (χ1v) is 9.19. The first-order valence-electron chi connectivity index (χ1n) is 9.19. The predicted molar refractivity (Wildman–Crippen MR) is 109 cm³/mol. The molecule has 1 aliphatic heterocycles. The molecule has 1 N–H and O–H groups in total. The van der Waals surface area contributed by atoms with E-state index in [9.17, 15) is 9.90 Å². The van der Waals surface area contributed by atoms with Crippen LogP contribution in [0, 0.1) is 11.3 Å². The molecule has 5 heteroatoms. The molecule has 3 aromatic rings. The highest BCUT2D eigenvalue weighted by Gasteiger charge is 2.27. The van der Waals surface area contributed by atoms with Crippen molar-refractivity contribution >= 4 is 28.5 Å². The number of pyridine rings is 1. The van der Waals surface area contributed by atoms with Crippen molar-refractivity contribution in [3.63, 3.8) is 0 Å². The zero-order valence-corrected chi connectivity index (χ0v) is 15.5. The highest BCUT2D eigenvalue weighted by molar-refractivity contribution is 6.06. The van der Waals surface area contributed by atoms with Crippen LogP contribution in [0.25, 0.3) is 22.6 Å².